The highest BCUT2D eigenvalue weighted by atomic mass is 35.5. The molecule has 1 fully saturated rings. The van der Waals surface area contributed by atoms with Crippen LogP contribution in [0.15, 0.2) is 18.2 Å². The topological polar surface area (TPSA) is 70.7 Å². The summed E-state index contributed by atoms with van der Waals surface area (Å²) in [4.78, 5) is 28.0. The molecule has 0 radical (unpaired) electrons. The van der Waals surface area contributed by atoms with Gasteiger partial charge < -0.3 is 15.4 Å². The number of nitrogens with zero attached hydrogens (tertiary/aromatic N) is 1. The molecule has 1 saturated heterocycles. The van der Waals surface area contributed by atoms with E-state index in [4.69, 9.17) is 27.9 Å². The fourth-order valence-electron chi connectivity index (χ4n) is 3.44. The predicted molar refractivity (Wildman–Crippen MR) is 125 cm³/mol. The fourth-order valence-corrected chi connectivity index (χ4v) is 4.40. The molecule has 2 N–H and O–H groups in total. The summed E-state index contributed by atoms with van der Waals surface area (Å²) in [6, 6.07) is 4.28. The summed E-state index contributed by atoms with van der Waals surface area (Å²) in [5, 5.41) is 6.60. The second-order valence-electron chi connectivity index (χ2n) is 7.64. The maximum Gasteiger partial charge on any atom is 0.253 e. The van der Waals surface area contributed by atoms with Crippen LogP contribution < -0.4 is 10.6 Å². The van der Waals surface area contributed by atoms with Gasteiger partial charge in [0, 0.05) is 30.7 Å². The van der Waals surface area contributed by atoms with Crippen LogP contribution in [0.4, 0.5) is 0 Å². The van der Waals surface area contributed by atoms with Crippen molar-refractivity contribution >= 4 is 46.8 Å². The maximum absolute atomic E-state index is 12.9. The second-order valence-corrected chi connectivity index (χ2v) is 9.47. The Morgan fingerprint density at radius 3 is 2.53 bits per heavy atom. The van der Waals surface area contributed by atoms with Gasteiger partial charge in [-0.15, -0.1) is 0 Å². The highest BCUT2D eigenvalue weighted by Gasteiger charge is 2.27. The summed E-state index contributed by atoms with van der Waals surface area (Å²) in [6.45, 7) is 7.99. The van der Waals surface area contributed by atoms with E-state index < -0.39 is 6.04 Å². The molecular weight excluding hydrogens is 445 g/mol. The Labute approximate surface area is 193 Å². The standard InChI is InChI=1S/C21H31Cl2N3O3S/c1-14(2)19(26-7-9-29-10-8-26)13-24-21(28)18(6-11-30-3)25-20(27)16-5-4-15(22)12-17(16)23/h4-5,12,14,18-19H,6-11,13H2,1-3H3,(H,24,28)(H,25,27). The number of carbonyl (C=O) groups excluding carboxylic acids is 2. The van der Waals surface area contributed by atoms with E-state index in [1.165, 1.54) is 6.07 Å². The van der Waals surface area contributed by atoms with Crippen LogP contribution in [0.25, 0.3) is 0 Å². The molecule has 1 aromatic carbocycles. The van der Waals surface area contributed by atoms with E-state index in [-0.39, 0.29) is 22.9 Å². The smallest absolute Gasteiger partial charge is 0.253 e. The molecular formula is C21H31Cl2N3O3S. The van der Waals surface area contributed by atoms with Gasteiger partial charge in [-0.25, -0.2) is 0 Å². The van der Waals surface area contributed by atoms with Gasteiger partial charge >= 0.3 is 0 Å². The van der Waals surface area contributed by atoms with E-state index in [1.807, 2.05) is 6.26 Å². The minimum atomic E-state index is -0.630. The molecule has 0 aromatic heterocycles. The number of hydrogen-bond acceptors (Lipinski definition) is 5. The summed E-state index contributed by atoms with van der Waals surface area (Å²) in [7, 11) is 0. The second kappa shape index (κ2) is 12.8. The Kier molecular flexibility index (Phi) is 10.8. The highest BCUT2D eigenvalue weighted by molar-refractivity contribution is 7.98. The number of nitrogens with one attached hydrogen (secondary N) is 2. The molecule has 168 valence electrons. The molecule has 1 heterocycles. The lowest BCUT2D eigenvalue weighted by Gasteiger charge is -2.37. The normalized spacial score (nSPS) is 16.9. The first-order valence-corrected chi connectivity index (χ1v) is 12.3. The summed E-state index contributed by atoms with van der Waals surface area (Å²) in [5.74, 6) is 0.576. The monoisotopic (exact) mass is 475 g/mol. The van der Waals surface area contributed by atoms with E-state index in [9.17, 15) is 9.59 Å². The number of thioether (sulfide) groups is 1. The Balaban J connectivity index is 2.01. The maximum atomic E-state index is 12.9. The quantitative estimate of drug-likeness (QED) is 0.542. The molecule has 6 nitrogen and oxygen atoms in total. The van der Waals surface area contributed by atoms with Crippen LogP contribution in [0.1, 0.15) is 30.6 Å². The van der Waals surface area contributed by atoms with Crippen molar-refractivity contribution in [3.8, 4) is 0 Å². The molecule has 0 aliphatic carbocycles. The van der Waals surface area contributed by atoms with Gasteiger partial charge in [-0.05, 0) is 42.5 Å². The number of halogens is 2. The average molecular weight is 476 g/mol. The molecule has 9 heteroatoms. The minimum Gasteiger partial charge on any atom is -0.379 e. The van der Waals surface area contributed by atoms with Crippen molar-refractivity contribution in [3.05, 3.63) is 33.8 Å². The molecule has 2 atom stereocenters. The number of benzene rings is 1. The third-order valence-electron chi connectivity index (χ3n) is 5.18. The summed E-state index contributed by atoms with van der Waals surface area (Å²) in [5.41, 5.74) is 0.302. The van der Waals surface area contributed by atoms with Crippen molar-refractivity contribution in [2.75, 3.05) is 44.9 Å². The lowest BCUT2D eigenvalue weighted by atomic mass is 10.0. The van der Waals surface area contributed by atoms with E-state index >= 15 is 0 Å². The van der Waals surface area contributed by atoms with Crippen LogP contribution in [0.3, 0.4) is 0 Å². The summed E-state index contributed by atoms with van der Waals surface area (Å²) >= 11 is 13.7. The van der Waals surface area contributed by atoms with Gasteiger partial charge in [0.05, 0.1) is 23.8 Å². The van der Waals surface area contributed by atoms with Gasteiger partial charge in [-0.3, -0.25) is 14.5 Å². The zero-order chi connectivity index (χ0) is 22.1. The van der Waals surface area contributed by atoms with Crippen molar-refractivity contribution in [2.24, 2.45) is 5.92 Å². The Morgan fingerprint density at radius 1 is 1.23 bits per heavy atom. The first kappa shape index (κ1) is 25.3. The molecule has 2 unspecified atom stereocenters. The van der Waals surface area contributed by atoms with E-state index in [2.05, 4.69) is 29.4 Å². The van der Waals surface area contributed by atoms with Crippen molar-refractivity contribution in [3.63, 3.8) is 0 Å². The SMILES string of the molecule is CSCCC(NC(=O)c1ccc(Cl)cc1Cl)C(=O)NCC(C(C)C)N1CCOCC1. The Morgan fingerprint density at radius 2 is 1.93 bits per heavy atom. The molecule has 1 aliphatic heterocycles. The number of morpholine rings is 1. The minimum absolute atomic E-state index is 0.179. The number of amides is 2. The number of ether oxygens (including phenoxy) is 1. The molecule has 1 aromatic rings. The number of hydrogen-bond donors (Lipinski definition) is 2. The Hall–Kier alpha value is -0.990. The first-order valence-electron chi connectivity index (χ1n) is 10.2. The van der Waals surface area contributed by atoms with E-state index in [1.54, 1.807) is 23.9 Å². The average Bonchev–Trinajstić information content (AvgIpc) is 2.71. The molecule has 1 aliphatic rings. The van der Waals surface area contributed by atoms with Gasteiger partial charge in [0.2, 0.25) is 5.91 Å². The van der Waals surface area contributed by atoms with Crippen LogP contribution in [-0.4, -0.2) is 73.7 Å². The van der Waals surface area contributed by atoms with Crippen molar-refractivity contribution in [1.82, 2.24) is 15.5 Å². The summed E-state index contributed by atoms with van der Waals surface area (Å²) < 4.78 is 5.44. The van der Waals surface area contributed by atoms with Crippen LogP contribution in [0.2, 0.25) is 10.0 Å². The first-order chi connectivity index (χ1) is 14.3. The molecule has 0 saturated carbocycles. The van der Waals surface area contributed by atoms with Crippen LogP contribution in [0.5, 0.6) is 0 Å². The van der Waals surface area contributed by atoms with Crippen molar-refractivity contribution in [1.29, 1.82) is 0 Å². The molecule has 0 bridgehead atoms. The Bertz CT molecular complexity index is 715. The van der Waals surface area contributed by atoms with Gasteiger partial charge in [-0.2, -0.15) is 11.8 Å². The molecule has 0 spiro atoms. The van der Waals surface area contributed by atoms with Crippen molar-refractivity contribution < 1.29 is 14.3 Å². The van der Waals surface area contributed by atoms with E-state index in [0.717, 1.165) is 18.8 Å². The van der Waals surface area contributed by atoms with Crippen molar-refractivity contribution in [2.45, 2.75) is 32.4 Å². The van der Waals surface area contributed by atoms with E-state index in [0.29, 0.717) is 42.7 Å². The zero-order valence-electron chi connectivity index (χ0n) is 17.7. The van der Waals surface area contributed by atoms with Gasteiger partial charge in [0.25, 0.3) is 5.91 Å². The lowest BCUT2D eigenvalue weighted by Crippen LogP contribution is -2.54. The van der Waals surface area contributed by atoms with Gasteiger partial charge in [-0.1, -0.05) is 37.0 Å². The van der Waals surface area contributed by atoms with Crippen LogP contribution in [0, 0.1) is 5.92 Å². The third kappa shape index (κ3) is 7.61. The third-order valence-corrected chi connectivity index (χ3v) is 6.37. The van der Waals surface area contributed by atoms with Gasteiger partial charge in [0.1, 0.15) is 6.04 Å². The number of carbonyl (C=O) groups is 2. The summed E-state index contributed by atoms with van der Waals surface area (Å²) in [6.07, 6.45) is 2.51. The highest BCUT2D eigenvalue weighted by Crippen LogP contribution is 2.21. The predicted octanol–water partition coefficient (Wildman–Crippen LogP) is 3.32. The molecule has 2 rings (SSSR count). The number of rotatable bonds is 10. The molecule has 2 amide bonds. The largest absolute Gasteiger partial charge is 0.379 e. The lowest BCUT2D eigenvalue weighted by molar-refractivity contribution is -0.123. The molecule has 30 heavy (non-hydrogen) atoms. The fraction of sp³-hybridized carbons (Fsp3) is 0.619. The van der Waals surface area contributed by atoms with Crippen LogP contribution in [-0.2, 0) is 9.53 Å². The zero-order valence-corrected chi connectivity index (χ0v) is 20.1. The van der Waals surface area contributed by atoms with Crippen LogP contribution >= 0.6 is 35.0 Å². The van der Waals surface area contributed by atoms with Gasteiger partial charge in [0.15, 0.2) is 0 Å².